The van der Waals surface area contributed by atoms with Gasteiger partial charge in [0.25, 0.3) is 5.91 Å². The molecule has 2 aromatic rings. The van der Waals surface area contributed by atoms with Crippen LogP contribution < -0.4 is 11.1 Å². The van der Waals surface area contributed by atoms with E-state index in [-0.39, 0.29) is 30.3 Å². The summed E-state index contributed by atoms with van der Waals surface area (Å²) in [6, 6.07) is 13.7. The van der Waals surface area contributed by atoms with E-state index in [4.69, 9.17) is 5.73 Å². The van der Waals surface area contributed by atoms with Crippen LogP contribution >= 0.6 is 12.4 Å². The molecule has 158 valence electrons. The minimum absolute atomic E-state index is 0. The second kappa shape index (κ2) is 10.1. The normalized spacial score (nSPS) is 16.9. The zero-order valence-electron chi connectivity index (χ0n) is 17.3. The Labute approximate surface area is 179 Å². The Bertz CT molecular complexity index is 843. The van der Waals surface area contributed by atoms with Crippen molar-refractivity contribution in [2.45, 2.75) is 45.6 Å². The van der Waals surface area contributed by atoms with Gasteiger partial charge in [-0.25, -0.2) is 0 Å². The first-order valence-electron chi connectivity index (χ1n) is 10.3. The molecule has 1 atom stereocenters. The molecule has 2 amide bonds. The van der Waals surface area contributed by atoms with Gasteiger partial charge < -0.3 is 16.0 Å². The summed E-state index contributed by atoms with van der Waals surface area (Å²) in [5.41, 5.74) is 6.13. The third kappa shape index (κ3) is 4.90. The van der Waals surface area contributed by atoms with Crippen molar-refractivity contribution < 1.29 is 9.59 Å². The molecule has 0 aromatic heterocycles. The summed E-state index contributed by atoms with van der Waals surface area (Å²) in [6.45, 7) is 5.71. The Morgan fingerprint density at radius 1 is 1.14 bits per heavy atom. The lowest BCUT2D eigenvalue weighted by Crippen LogP contribution is -2.55. The number of hydrogen-bond acceptors (Lipinski definition) is 3. The lowest BCUT2D eigenvalue weighted by atomic mass is 9.80. The smallest absolute Gasteiger partial charge is 0.251 e. The molecule has 0 saturated carbocycles. The Hall–Kier alpha value is -2.11. The number of amides is 2. The third-order valence-corrected chi connectivity index (χ3v) is 6.25. The van der Waals surface area contributed by atoms with Crippen molar-refractivity contribution in [3.63, 3.8) is 0 Å². The Morgan fingerprint density at radius 2 is 1.83 bits per heavy atom. The van der Waals surface area contributed by atoms with Gasteiger partial charge >= 0.3 is 0 Å². The maximum atomic E-state index is 13.1. The molecule has 6 heteroatoms. The van der Waals surface area contributed by atoms with Crippen LogP contribution in [-0.4, -0.2) is 42.4 Å². The van der Waals surface area contributed by atoms with E-state index in [1.165, 1.54) is 0 Å². The monoisotopic (exact) mass is 417 g/mol. The minimum atomic E-state index is -0.482. The predicted octanol–water partition coefficient (Wildman–Crippen LogP) is 3.75. The molecule has 0 spiro atoms. The van der Waals surface area contributed by atoms with Crippen molar-refractivity contribution in [1.82, 2.24) is 10.2 Å². The second-order valence-electron chi connectivity index (χ2n) is 7.82. The van der Waals surface area contributed by atoms with Crippen LogP contribution in [0.1, 0.15) is 49.9 Å². The zero-order valence-corrected chi connectivity index (χ0v) is 18.1. The molecule has 3 N–H and O–H groups in total. The fourth-order valence-electron chi connectivity index (χ4n) is 4.14. The Morgan fingerprint density at radius 3 is 2.48 bits per heavy atom. The van der Waals surface area contributed by atoms with Crippen LogP contribution in [0.4, 0.5) is 0 Å². The molecule has 1 saturated heterocycles. The van der Waals surface area contributed by atoms with Crippen LogP contribution in [0.2, 0.25) is 0 Å². The van der Waals surface area contributed by atoms with E-state index in [0.29, 0.717) is 18.7 Å². The van der Waals surface area contributed by atoms with Crippen LogP contribution in [0, 0.1) is 5.41 Å². The highest BCUT2D eigenvalue weighted by Crippen LogP contribution is 2.29. The molecule has 1 heterocycles. The number of likely N-dealkylation sites (tertiary alicyclic amines) is 1. The number of rotatable bonds is 6. The molecule has 0 bridgehead atoms. The fraction of sp³-hybridized carbons (Fsp3) is 0.478. The Kier molecular flexibility index (Phi) is 8.05. The first-order chi connectivity index (χ1) is 13.5. The average Bonchev–Trinajstić information content (AvgIpc) is 2.75. The van der Waals surface area contributed by atoms with Gasteiger partial charge in [0, 0.05) is 31.2 Å². The van der Waals surface area contributed by atoms with E-state index in [1.54, 1.807) is 0 Å². The summed E-state index contributed by atoms with van der Waals surface area (Å²) >= 11 is 0. The molecule has 1 aliphatic heterocycles. The molecule has 5 nitrogen and oxygen atoms in total. The summed E-state index contributed by atoms with van der Waals surface area (Å²) < 4.78 is 0. The number of nitrogens with two attached hydrogens (primary N) is 1. The highest BCUT2D eigenvalue weighted by atomic mass is 35.5. The number of fused-ring (bicyclic) bond motifs is 1. The summed E-state index contributed by atoms with van der Waals surface area (Å²) in [4.78, 5) is 27.8. The van der Waals surface area contributed by atoms with Gasteiger partial charge in [-0.15, -0.1) is 12.4 Å². The van der Waals surface area contributed by atoms with Crippen molar-refractivity contribution in [2.75, 3.05) is 19.6 Å². The maximum Gasteiger partial charge on any atom is 0.251 e. The number of hydrogen-bond donors (Lipinski definition) is 2. The first-order valence-corrected chi connectivity index (χ1v) is 10.3. The molecule has 0 aliphatic carbocycles. The van der Waals surface area contributed by atoms with Gasteiger partial charge in [0.2, 0.25) is 5.91 Å². The van der Waals surface area contributed by atoms with E-state index < -0.39 is 5.41 Å². The van der Waals surface area contributed by atoms with Crippen LogP contribution in [0.15, 0.2) is 42.5 Å². The highest BCUT2D eigenvalue weighted by molar-refractivity contribution is 5.98. The van der Waals surface area contributed by atoms with Gasteiger partial charge in [-0.05, 0) is 48.6 Å². The SMILES string of the molecule is CCC(CC)(CN)C(=O)N1CCCC(NC(=O)c2ccc3ccccc3c2)C1.Cl. The van der Waals surface area contributed by atoms with Gasteiger partial charge in [0.1, 0.15) is 0 Å². The van der Waals surface area contributed by atoms with Crippen molar-refractivity contribution in [3.05, 3.63) is 48.0 Å². The summed E-state index contributed by atoms with van der Waals surface area (Å²) in [7, 11) is 0. The van der Waals surface area contributed by atoms with Crippen molar-refractivity contribution >= 4 is 35.0 Å². The molecular weight excluding hydrogens is 386 g/mol. The first kappa shape index (κ1) is 23.2. The summed E-state index contributed by atoms with van der Waals surface area (Å²) in [6.07, 6.45) is 3.26. The van der Waals surface area contributed by atoms with Gasteiger partial charge in [0.05, 0.1) is 5.41 Å². The number of nitrogens with zero attached hydrogens (tertiary/aromatic N) is 1. The van der Waals surface area contributed by atoms with E-state index in [0.717, 1.165) is 43.0 Å². The van der Waals surface area contributed by atoms with Crippen LogP contribution in [0.3, 0.4) is 0 Å². The van der Waals surface area contributed by atoms with Gasteiger partial charge in [-0.1, -0.05) is 44.2 Å². The second-order valence-corrected chi connectivity index (χ2v) is 7.82. The summed E-state index contributed by atoms with van der Waals surface area (Å²) in [5.74, 6) is 0.0470. The fourth-order valence-corrected chi connectivity index (χ4v) is 4.14. The van der Waals surface area contributed by atoms with Crippen molar-refractivity contribution in [3.8, 4) is 0 Å². The van der Waals surface area contributed by atoms with Gasteiger partial charge in [-0.2, -0.15) is 0 Å². The maximum absolute atomic E-state index is 13.1. The molecule has 0 radical (unpaired) electrons. The average molecular weight is 418 g/mol. The number of carbonyl (C=O) groups is 2. The number of carbonyl (C=O) groups excluding carboxylic acids is 2. The number of piperidine rings is 1. The van der Waals surface area contributed by atoms with Crippen LogP contribution in [-0.2, 0) is 4.79 Å². The number of halogens is 1. The molecule has 3 rings (SSSR count). The van der Waals surface area contributed by atoms with Crippen molar-refractivity contribution in [2.24, 2.45) is 11.1 Å². The minimum Gasteiger partial charge on any atom is -0.348 e. The van der Waals surface area contributed by atoms with E-state index >= 15 is 0 Å². The molecule has 1 aliphatic rings. The number of benzene rings is 2. The topological polar surface area (TPSA) is 75.4 Å². The zero-order chi connectivity index (χ0) is 20.1. The molecule has 1 unspecified atom stereocenters. The lowest BCUT2D eigenvalue weighted by molar-refractivity contribution is -0.143. The third-order valence-electron chi connectivity index (χ3n) is 6.25. The lowest BCUT2D eigenvalue weighted by Gasteiger charge is -2.39. The predicted molar refractivity (Wildman–Crippen MR) is 120 cm³/mol. The summed E-state index contributed by atoms with van der Waals surface area (Å²) in [5, 5.41) is 5.29. The van der Waals surface area contributed by atoms with Crippen molar-refractivity contribution in [1.29, 1.82) is 0 Å². The van der Waals surface area contributed by atoms with E-state index in [1.807, 2.05) is 61.2 Å². The van der Waals surface area contributed by atoms with Gasteiger partial charge in [0.15, 0.2) is 0 Å². The quantitative estimate of drug-likeness (QED) is 0.751. The number of nitrogens with one attached hydrogen (secondary N) is 1. The molecule has 2 aromatic carbocycles. The van der Waals surface area contributed by atoms with E-state index in [9.17, 15) is 9.59 Å². The van der Waals surface area contributed by atoms with Gasteiger partial charge in [-0.3, -0.25) is 9.59 Å². The van der Waals surface area contributed by atoms with Crippen LogP contribution in [0.25, 0.3) is 10.8 Å². The van der Waals surface area contributed by atoms with E-state index in [2.05, 4.69) is 5.32 Å². The largest absolute Gasteiger partial charge is 0.348 e. The van der Waals surface area contributed by atoms with Crippen LogP contribution in [0.5, 0.6) is 0 Å². The molecule has 1 fully saturated rings. The molecule has 29 heavy (non-hydrogen) atoms. The molecular formula is C23H32ClN3O2. The Balaban J connectivity index is 0.00000300. The highest BCUT2D eigenvalue weighted by Gasteiger charge is 2.38. The standard InChI is InChI=1S/C23H31N3O2.ClH/c1-3-23(4-2,16-24)22(28)26-13-7-10-20(15-26)25-21(27)19-12-11-17-8-5-6-9-18(17)14-19;/h5-6,8-9,11-12,14,20H,3-4,7,10,13,15-16,24H2,1-2H3,(H,25,27);1H.